The fourth-order valence-corrected chi connectivity index (χ4v) is 3.14. The van der Waals surface area contributed by atoms with Gasteiger partial charge in [0, 0.05) is 26.1 Å². The second-order valence-electron chi connectivity index (χ2n) is 6.69. The van der Waals surface area contributed by atoms with Crippen molar-refractivity contribution in [2.24, 2.45) is 17.3 Å². The minimum absolute atomic E-state index is 0.00239. The van der Waals surface area contributed by atoms with E-state index in [1.54, 1.807) is 18.7 Å². The van der Waals surface area contributed by atoms with E-state index in [1.165, 1.54) is 0 Å². The zero-order chi connectivity index (χ0) is 15.6. The summed E-state index contributed by atoms with van der Waals surface area (Å²) < 4.78 is 0. The van der Waals surface area contributed by atoms with Crippen LogP contribution >= 0.6 is 0 Å². The third-order valence-corrected chi connectivity index (χ3v) is 4.92. The molecule has 2 unspecified atom stereocenters. The third-order valence-electron chi connectivity index (χ3n) is 4.92. The monoisotopic (exact) mass is 296 g/mol. The Morgan fingerprint density at radius 1 is 1.33 bits per heavy atom. The highest BCUT2D eigenvalue weighted by atomic mass is 16.4. The molecular formula is C15H24N2O4. The van der Waals surface area contributed by atoms with E-state index < -0.39 is 11.4 Å². The molecule has 0 aliphatic carbocycles. The van der Waals surface area contributed by atoms with Crippen LogP contribution in [0.4, 0.5) is 0 Å². The SMILES string of the molecule is CC(C)(C(=O)O)C1CCCN(C(=O)C2CCC(=O)NC2)C1. The first-order chi connectivity index (χ1) is 9.82. The highest BCUT2D eigenvalue weighted by Crippen LogP contribution is 2.34. The Hall–Kier alpha value is -1.59. The second kappa shape index (κ2) is 6.03. The lowest BCUT2D eigenvalue weighted by Crippen LogP contribution is -2.51. The fraction of sp³-hybridized carbons (Fsp3) is 0.800. The Labute approximate surface area is 124 Å². The van der Waals surface area contributed by atoms with Gasteiger partial charge < -0.3 is 15.3 Å². The summed E-state index contributed by atoms with van der Waals surface area (Å²) in [5.41, 5.74) is -0.820. The average Bonchev–Trinajstić information content (AvgIpc) is 2.47. The molecule has 2 heterocycles. The van der Waals surface area contributed by atoms with Crippen molar-refractivity contribution in [3.05, 3.63) is 0 Å². The van der Waals surface area contributed by atoms with Crippen LogP contribution in [0.25, 0.3) is 0 Å². The first-order valence-corrected chi connectivity index (χ1v) is 7.61. The van der Waals surface area contributed by atoms with E-state index >= 15 is 0 Å². The highest BCUT2D eigenvalue weighted by molar-refractivity contribution is 5.84. The lowest BCUT2D eigenvalue weighted by molar-refractivity contribution is -0.154. The fourth-order valence-electron chi connectivity index (χ4n) is 3.14. The molecule has 0 saturated carbocycles. The van der Waals surface area contributed by atoms with E-state index in [4.69, 9.17) is 0 Å². The summed E-state index contributed by atoms with van der Waals surface area (Å²) in [6.45, 7) is 5.06. The van der Waals surface area contributed by atoms with E-state index in [1.807, 2.05) is 0 Å². The number of carbonyl (C=O) groups is 3. The smallest absolute Gasteiger partial charge is 0.309 e. The summed E-state index contributed by atoms with van der Waals surface area (Å²) in [7, 11) is 0. The summed E-state index contributed by atoms with van der Waals surface area (Å²) in [5, 5.41) is 12.1. The third kappa shape index (κ3) is 3.36. The molecule has 118 valence electrons. The average molecular weight is 296 g/mol. The number of carboxylic acid groups (broad SMARTS) is 1. The quantitative estimate of drug-likeness (QED) is 0.809. The molecule has 2 aliphatic heterocycles. The lowest BCUT2D eigenvalue weighted by atomic mass is 9.74. The molecule has 2 saturated heterocycles. The van der Waals surface area contributed by atoms with Gasteiger partial charge in [0.25, 0.3) is 0 Å². The number of aliphatic carboxylic acids is 1. The summed E-state index contributed by atoms with van der Waals surface area (Å²) in [4.78, 5) is 36.9. The summed E-state index contributed by atoms with van der Waals surface area (Å²) >= 11 is 0. The van der Waals surface area contributed by atoms with Gasteiger partial charge in [-0.15, -0.1) is 0 Å². The minimum atomic E-state index is -0.820. The zero-order valence-corrected chi connectivity index (χ0v) is 12.7. The largest absolute Gasteiger partial charge is 0.481 e. The number of hydrogen-bond acceptors (Lipinski definition) is 3. The second-order valence-corrected chi connectivity index (χ2v) is 6.69. The van der Waals surface area contributed by atoms with E-state index in [-0.39, 0.29) is 23.7 Å². The van der Waals surface area contributed by atoms with Crippen molar-refractivity contribution in [3.63, 3.8) is 0 Å². The predicted molar refractivity (Wildman–Crippen MR) is 76.5 cm³/mol. The van der Waals surface area contributed by atoms with Crippen molar-refractivity contribution in [2.75, 3.05) is 19.6 Å². The van der Waals surface area contributed by atoms with E-state index in [0.717, 1.165) is 12.8 Å². The molecule has 6 nitrogen and oxygen atoms in total. The van der Waals surface area contributed by atoms with Gasteiger partial charge in [-0.2, -0.15) is 0 Å². The first kappa shape index (κ1) is 15.8. The maximum Gasteiger partial charge on any atom is 0.309 e. The van der Waals surface area contributed by atoms with Crippen molar-refractivity contribution in [1.82, 2.24) is 10.2 Å². The predicted octanol–water partition coefficient (Wildman–Crippen LogP) is 0.862. The van der Waals surface area contributed by atoms with Gasteiger partial charge in [-0.05, 0) is 39.0 Å². The highest BCUT2D eigenvalue weighted by Gasteiger charge is 2.41. The zero-order valence-electron chi connectivity index (χ0n) is 12.7. The molecule has 6 heteroatoms. The molecule has 0 spiro atoms. The van der Waals surface area contributed by atoms with Crippen molar-refractivity contribution in [1.29, 1.82) is 0 Å². The normalized spacial score (nSPS) is 27.1. The molecule has 2 fully saturated rings. The summed E-state index contributed by atoms with van der Waals surface area (Å²) in [6, 6.07) is 0. The van der Waals surface area contributed by atoms with Crippen LogP contribution < -0.4 is 5.32 Å². The van der Waals surface area contributed by atoms with Crippen LogP contribution in [-0.2, 0) is 14.4 Å². The molecule has 0 aromatic heterocycles. The van der Waals surface area contributed by atoms with Crippen LogP contribution in [0.2, 0.25) is 0 Å². The minimum Gasteiger partial charge on any atom is -0.481 e. The number of rotatable bonds is 3. The Bertz CT molecular complexity index is 437. The van der Waals surface area contributed by atoms with Crippen molar-refractivity contribution < 1.29 is 19.5 Å². The van der Waals surface area contributed by atoms with Crippen LogP contribution in [0.15, 0.2) is 0 Å². The molecule has 2 atom stereocenters. The Morgan fingerprint density at radius 2 is 2.05 bits per heavy atom. The van der Waals surface area contributed by atoms with Gasteiger partial charge in [0.05, 0.1) is 11.3 Å². The maximum absolute atomic E-state index is 12.5. The van der Waals surface area contributed by atoms with Crippen molar-refractivity contribution in [3.8, 4) is 0 Å². The summed E-state index contributed by atoms with van der Waals surface area (Å²) in [5.74, 6) is -0.935. The molecular weight excluding hydrogens is 272 g/mol. The van der Waals surface area contributed by atoms with Gasteiger partial charge in [-0.3, -0.25) is 14.4 Å². The molecule has 0 radical (unpaired) electrons. The molecule has 2 N–H and O–H groups in total. The van der Waals surface area contributed by atoms with E-state index in [2.05, 4.69) is 5.32 Å². The van der Waals surface area contributed by atoms with E-state index in [9.17, 15) is 19.5 Å². The van der Waals surface area contributed by atoms with Gasteiger partial charge in [-0.25, -0.2) is 0 Å². The molecule has 21 heavy (non-hydrogen) atoms. The van der Waals surface area contributed by atoms with Crippen molar-refractivity contribution in [2.45, 2.75) is 39.5 Å². The Balaban J connectivity index is 1.99. The number of amides is 2. The number of nitrogens with zero attached hydrogens (tertiary/aromatic N) is 1. The van der Waals surface area contributed by atoms with Gasteiger partial charge in [0.15, 0.2) is 0 Å². The maximum atomic E-state index is 12.5. The number of likely N-dealkylation sites (tertiary alicyclic amines) is 1. The first-order valence-electron chi connectivity index (χ1n) is 7.61. The molecule has 2 rings (SSSR count). The van der Waals surface area contributed by atoms with Gasteiger partial charge >= 0.3 is 5.97 Å². The number of carboxylic acids is 1. The standard InChI is InChI=1S/C15H24N2O4/c1-15(2,14(20)21)11-4-3-7-17(9-11)13(19)10-5-6-12(18)16-8-10/h10-11H,3-9H2,1-2H3,(H,16,18)(H,20,21). The van der Waals surface area contributed by atoms with Crippen LogP contribution in [0.5, 0.6) is 0 Å². The number of carbonyl (C=O) groups excluding carboxylic acids is 2. The topological polar surface area (TPSA) is 86.7 Å². The van der Waals surface area contributed by atoms with Gasteiger partial charge in [0.2, 0.25) is 11.8 Å². The number of piperidine rings is 2. The van der Waals surface area contributed by atoms with Crippen molar-refractivity contribution >= 4 is 17.8 Å². The molecule has 0 aromatic rings. The molecule has 2 amide bonds. The van der Waals surface area contributed by atoms with Crippen LogP contribution in [0.1, 0.15) is 39.5 Å². The Kier molecular flexibility index (Phi) is 4.54. The van der Waals surface area contributed by atoms with Crippen LogP contribution in [0, 0.1) is 17.3 Å². The number of nitrogens with one attached hydrogen (secondary N) is 1. The van der Waals surface area contributed by atoms with Gasteiger partial charge in [-0.1, -0.05) is 0 Å². The number of hydrogen-bond donors (Lipinski definition) is 2. The summed E-state index contributed by atoms with van der Waals surface area (Å²) in [6.07, 6.45) is 2.67. The molecule has 2 aliphatic rings. The lowest BCUT2D eigenvalue weighted by Gasteiger charge is -2.40. The van der Waals surface area contributed by atoms with E-state index in [0.29, 0.717) is 32.5 Å². The van der Waals surface area contributed by atoms with Gasteiger partial charge in [0.1, 0.15) is 0 Å². The van der Waals surface area contributed by atoms with Crippen LogP contribution in [0.3, 0.4) is 0 Å². The molecule has 0 aromatic carbocycles. The Morgan fingerprint density at radius 3 is 2.62 bits per heavy atom. The van der Waals surface area contributed by atoms with Crippen LogP contribution in [-0.4, -0.2) is 47.4 Å². The molecule has 0 bridgehead atoms.